The summed E-state index contributed by atoms with van der Waals surface area (Å²) >= 11 is 5.73. The second kappa shape index (κ2) is 2.88. The van der Waals surface area contributed by atoms with Crippen LogP contribution >= 0.6 is 11.8 Å². The molecule has 0 aliphatic rings. The van der Waals surface area contributed by atoms with E-state index in [0.717, 1.165) is 17.9 Å². The first kappa shape index (κ1) is 7.35. The largest absolute Gasteiger partial charge is 0.245 e. The van der Waals surface area contributed by atoms with Crippen molar-refractivity contribution in [2.24, 2.45) is 0 Å². The van der Waals surface area contributed by atoms with Gasteiger partial charge >= 0.3 is 0 Å². The third kappa shape index (κ3) is 1.21. The molecule has 0 atom stereocenters. The zero-order valence-electron chi connectivity index (χ0n) is 5.84. The van der Waals surface area contributed by atoms with Gasteiger partial charge in [-0.05, 0) is 6.08 Å². The summed E-state index contributed by atoms with van der Waals surface area (Å²) in [5.74, 6) is 0.872. The number of hydrogen-bond acceptors (Lipinski definition) is 1. The number of aryl methyl sites for hydroxylation is 1. The van der Waals surface area contributed by atoms with Crippen molar-refractivity contribution in [1.82, 2.24) is 9.07 Å². The second-order valence-corrected chi connectivity index (χ2v) is 2.32. The fourth-order valence-corrected chi connectivity index (χ4v) is 1.00. The van der Waals surface area contributed by atoms with Crippen molar-refractivity contribution in [2.75, 3.05) is 0 Å². The molecule has 1 aromatic heterocycles. The predicted octanol–water partition coefficient (Wildman–Crippen LogP) is 2.09. The first-order chi connectivity index (χ1) is 4.77. The predicted molar refractivity (Wildman–Crippen MR) is 42.9 cm³/mol. The Hall–Kier alpha value is -0.760. The van der Waals surface area contributed by atoms with Crippen molar-refractivity contribution < 1.29 is 0 Å². The molecule has 0 spiro atoms. The first-order valence-electron chi connectivity index (χ1n) is 3.14. The molecule has 54 valence electrons. The minimum atomic E-state index is 0.826. The standard InChI is InChI=1S/C7H9ClN2/c1-3-6-5-10(8)7(4-2)9-6/h3,5H,1,4H2,2H3. The normalized spacial score (nSPS) is 9.80. The highest BCUT2D eigenvalue weighted by Crippen LogP contribution is 2.06. The van der Waals surface area contributed by atoms with Gasteiger partial charge in [0, 0.05) is 24.4 Å². The molecule has 0 bridgehead atoms. The highest BCUT2D eigenvalue weighted by Gasteiger charge is 1.99. The molecule has 0 aliphatic heterocycles. The number of aromatic nitrogens is 2. The zero-order valence-corrected chi connectivity index (χ0v) is 6.60. The number of imidazole rings is 1. The molecular formula is C7H9ClN2. The van der Waals surface area contributed by atoms with Crippen LogP contribution in [0.4, 0.5) is 0 Å². The summed E-state index contributed by atoms with van der Waals surface area (Å²) < 4.78 is 1.50. The molecule has 1 aromatic rings. The van der Waals surface area contributed by atoms with E-state index in [1.54, 1.807) is 12.3 Å². The zero-order chi connectivity index (χ0) is 7.56. The average Bonchev–Trinajstić information content (AvgIpc) is 2.30. The maximum atomic E-state index is 5.73. The Labute approximate surface area is 65.3 Å². The minimum absolute atomic E-state index is 0.826. The Kier molecular flexibility index (Phi) is 2.12. The average molecular weight is 157 g/mol. The molecule has 0 fully saturated rings. The van der Waals surface area contributed by atoms with Crippen LogP contribution < -0.4 is 0 Å². The van der Waals surface area contributed by atoms with Crippen molar-refractivity contribution in [3.63, 3.8) is 0 Å². The van der Waals surface area contributed by atoms with Gasteiger partial charge in [0.05, 0.1) is 5.69 Å². The lowest BCUT2D eigenvalue weighted by atomic mass is 10.5. The van der Waals surface area contributed by atoms with E-state index in [1.165, 1.54) is 4.09 Å². The lowest BCUT2D eigenvalue weighted by Crippen LogP contribution is -1.87. The maximum absolute atomic E-state index is 5.73. The molecule has 0 aliphatic carbocycles. The van der Waals surface area contributed by atoms with Crippen molar-refractivity contribution in [1.29, 1.82) is 0 Å². The summed E-state index contributed by atoms with van der Waals surface area (Å²) in [6.07, 6.45) is 4.27. The fourth-order valence-electron chi connectivity index (χ4n) is 0.745. The van der Waals surface area contributed by atoms with Crippen LogP contribution in [0, 0.1) is 0 Å². The van der Waals surface area contributed by atoms with Crippen molar-refractivity contribution in [3.05, 3.63) is 24.3 Å². The maximum Gasteiger partial charge on any atom is 0.123 e. The summed E-state index contributed by atoms with van der Waals surface area (Å²) in [6, 6.07) is 0. The van der Waals surface area contributed by atoms with Gasteiger partial charge < -0.3 is 0 Å². The van der Waals surface area contributed by atoms with Crippen LogP contribution in [0.2, 0.25) is 0 Å². The third-order valence-electron chi connectivity index (χ3n) is 1.28. The fraction of sp³-hybridized carbons (Fsp3) is 0.286. The van der Waals surface area contributed by atoms with Gasteiger partial charge in [-0.3, -0.25) is 0 Å². The highest BCUT2D eigenvalue weighted by molar-refractivity contribution is 6.15. The molecule has 0 amide bonds. The minimum Gasteiger partial charge on any atom is -0.245 e. The Morgan fingerprint density at radius 1 is 1.90 bits per heavy atom. The van der Waals surface area contributed by atoms with E-state index in [1.807, 2.05) is 6.92 Å². The quantitative estimate of drug-likeness (QED) is 0.641. The molecule has 10 heavy (non-hydrogen) atoms. The van der Waals surface area contributed by atoms with E-state index in [9.17, 15) is 0 Å². The van der Waals surface area contributed by atoms with E-state index in [2.05, 4.69) is 11.6 Å². The number of rotatable bonds is 2. The van der Waals surface area contributed by atoms with Crippen molar-refractivity contribution >= 4 is 17.9 Å². The number of nitrogens with zero attached hydrogens (tertiary/aromatic N) is 2. The molecular weight excluding hydrogens is 148 g/mol. The SMILES string of the molecule is C=Cc1cn(Cl)c(CC)n1. The van der Waals surface area contributed by atoms with E-state index in [-0.39, 0.29) is 0 Å². The van der Waals surface area contributed by atoms with Gasteiger partial charge in [0.1, 0.15) is 5.82 Å². The van der Waals surface area contributed by atoms with Crippen molar-refractivity contribution in [2.45, 2.75) is 13.3 Å². The Morgan fingerprint density at radius 3 is 2.90 bits per heavy atom. The summed E-state index contributed by atoms with van der Waals surface area (Å²) in [6.45, 7) is 5.59. The molecule has 1 rings (SSSR count). The Bertz CT molecular complexity index is 240. The van der Waals surface area contributed by atoms with Crippen LogP contribution in [0.3, 0.4) is 0 Å². The van der Waals surface area contributed by atoms with Gasteiger partial charge in [-0.15, -0.1) is 0 Å². The van der Waals surface area contributed by atoms with Gasteiger partial charge in [-0.1, -0.05) is 13.5 Å². The first-order valence-corrected chi connectivity index (χ1v) is 3.48. The highest BCUT2D eigenvalue weighted by atomic mass is 35.5. The summed E-state index contributed by atoms with van der Waals surface area (Å²) in [7, 11) is 0. The van der Waals surface area contributed by atoms with Crippen LogP contribution in [0.25, 0.3) is 6.08 Å². The van der Waals surface area contributed by atoms with Crippen LogP contribution in [-0.4, -0.2) is 9.07 Å². The van der Waals surface area contributed by atoms with Crippen LogP contribution in [0.5, 0.6) is 0 Å². The molecule has 0 N–H and O–H groups in total. The lowest BCUT2D eigenvalue weighted by molar-refractivity contribution is 0.951. The Morgan fingerprint density at radius 2 is 2.60 bits per heavy atom. The van der Waals surface area contributed by atoms with Gasteiger partial charge in [0.25, 0.3) is 0 Å². The van der Waals surface area contributed by atoms with Gasteiger partial charge in [0.2, 0.25) is 0 Å². The van der Waals surface area contributed by atoms with E-state index >= 15 is 0 Å². The molecule has 0 saturated heterocycles. The molecule has 0 saturated carbocycles. The molecule has 2 nitrogen and oxygen atoms in total. The number of halogens is 1. The van der Waals surface area contributed by atoms with E-state index in [4.69, 9.17) is 11.8 Å². The summed E-state index contributed by atoms with van der Waals surface area (Å²) in [4.78, 5) is 4.16. The van der Waals surface area contributed by atoms with E-state index in [0.29, 0.717) is 0 Å². The van der Waals surface area contributed by atoms with Crippen LogP contribution in [0.1, 0.15) is 18.4 Å². The monoisotopic (exact) mass is 156 g/mol. The van der Waals surface area contributed by atoms with E-state index < -0.39 is 0 Å². The van der Waals surface area contributed by atoms with Crippen LogP contribution in [0.15, 0.2) is 12.8 Å². The van der Waals surface area contributed by atoms with Crippen molar-refractivity contribution in [3.8, 4) is 0 Å². The molecule has 0 aromatic carbocycles. The van der Waals surface area contributed by atoms with Gasteiger partial charge in [-0.25, -0.2) is 9.07 Å². The molecule has 0 radical (unpaired) electrons. The topological polar surface area (TPSA) is 17.8 Å². The molecule has 0 unspecified atom stereocenters. The van der Waals surface area contributed by atoms with Gasteiger partial charge in [0.15, 0.2) is 0 Å². The molecule has 1 heterocycles. The third-order valence-corrected chi connectivity index (χ3v) is 1.57. The second-order valence-electron chi connectivity index (χ2n) is 1.95. The van der Waals surface area contributed by atoms with Gasteiger partial charge in [-0.2, -0.15) is 0 Å². The Balaban J connectivity index is 3.03. The lowest BCUT2D eigenvalue weighted by Gasteiger charge is -1.89. The molecule has 3 heteroatoms. The number of hydrogen-bond donors (Lipinski definition) is 0. The summed E-state index contributed by atoms with van der Waals surface area (Å²) in [5, 5.41) is 0. The van der Waals surface area contributed by atoms with Crippen LogP contribution in [-0.2, 0) is 6.42 Å². The smallest absolute Gasteiger partial charge is 0.123 e. The summed E-state index contributed by atoms with van der Waals surface area (Å²) in [5.41, 5.74) is 0.826.